The third-order valence-electron chi connectivity index (χ3n) is 4.18. The Morgan fingerprint density at radius 2 is 2.04 bits per heavy atom. The Labute approximate surface area is 143 Å². The van der Waals surface area contributed by atoms with Gasteiger partial charge in [-0.05, 0) is 38.2 Å². The van der Waals surface area contributed by atoms with E-state index in [0.29, 0.717) is 6.42 Å². The Morgan fingerprint density at radius 1 is 1.30 bits per heavy atom. The van der Waals surface area contributed by atoms with E-state index in [1.54, 1.807) is 7.11 Å². The van der Waals surface area contributed by atoms with Crippen LogP contribution < -0.4 is 10.1 Å². The smallest absolute Gasteiger partial charge is 0.222 e. The van der Waals surface area contributed by atoms with Gasteiger partial charge in [-0.1, -0.05) is 11.6 Å². The van der Waals surface area contributed by atoms with E-state index in [2.05, 4.69) is 10.2 Å². The lowest BCUT2D eigenvalue weighted by molar-refractivity contribution is -0.133. The van der Waals surface area contributed by atoms with Crippen molar-refractivity contribution in [2.24, 2.45) is 0 Å². The molecule has 0 spiro atoms. The van der Waals surface area contributed by atoms with Crippen molar-refractivity contribution in [3.05, 3.63) is 28.8 Å². The molecule has 1 heterocycles. The highest BCUT2D eigenvalue weighted by atomic mass is 35.5. The van der Waals surface area contributed by atoms with Crippen molar-refractivity contribution < 1.29 is 9.53 Å². The molecule has 0 aromatic heterocycles. The van der Waals surface area contributed by atoms with Crippen LogP contribution in [0.5, 0.6) is 5.75 Å². The van der Waals surface area contributed by atoms with Gasteiger partial charge in [-0.2, -0.15) is 0 Å². The number of amides is 1. The van der Waals surface area contributed by atoms with Crippen LogP contribution in [0.1, 0.15) is 18.4 Å². The number of nitrogens with one attached hydrogen (secondary N) is 1. The molecule has 1 amide bonds. The van der Waals surface area contributed by atoms with E-state index < -0.39 is 0 Å². The van der Waals surface area contributed by atoms with Crippen LogP contribution in [0.15, 0.2) is 18.2 Å². The summed E-state index contributed by atoms with van der Waals surface area (Å²) in [7, 11) is 3.59. The lowest BCUT2D eigenvalue weighted by Gasteiger charge is -2.35. The first-order valence-corrected chi connectivity index (χ1v) is 8.49. The minimum absolute atomic E-state index is 0.264. The zero-order valence-corrected chi connectivity index (χ0v) is 14.7. The molecule has 1 aromatic carbocycles. The number of nitrogens with zero attached hydrogens (tertiary/aromatic N) is 2. The molecule has 2 rings (SSSR count). The number of methoxy groups -OCH3 is 1. The molecule has 23 heavy (non-hydrogen) atoms. The van der Waals surface area contributed by atoms with Crippen molar-refractivity contribution in [2.75, 3.05) is 46.9 Å². The molecule has 0 saturated carbocycles. The summed E-state index contributed by atoms with van der Waals surface area (Å²) in [6.45, 7) is 5.04. The van der Waals surface area contributed by atoms with Crippen LogP contribution in [0, 0.1) is 0 Å². The normalized spacial score (nSPS) is 15.7. The van der Waals surface area contributed by atoms with Crippen LogP contribution in [0.2, 0.25) is 5.02 Å². The molecule has 128 valence electrons. The molecule has 0 unspecified atom stereocenters. The molecule has 0 aliphatic carbocycles. The van der Waals surface area contributed by atoms with Crippen LogP contribution in [-0.2, 0) is 11.3 Å². The summed E-state index contributed by atoms with van der Waals surface area (Å²) >= 11 is 6.08. The number of halogens is 1. The summed E-state index contributed by atoms with van der Waals surface area (Å²) in [4.78, 5) is 16.4. The number of benzene rings is 1. The lowest BCUT2D eigenvalue weighted by atomic mass is 10.1. The number of hydrogen-bond acceptors (Lipinski definition) is 4. The molecule has 0 atom stereocenters. The fraction of sp³-hybridized carbons (Fsp3) is 0.588. The lowest BCUT2D eigenvalue weighted by Crippen LogP contribution is -2.48. The first-order chi connectivity index (χ1) is 11.1. The van der Waals surface area contributed by atoms with Crippen LogP contribution >= 0.6 is 11.6 Å². The largest absolute Gasteiger partial charge is 0.496 e. The topological polar surface area (TPSA) is 44.8 Å². The second-order valence-corrected chi connectivity index (χ2v) is 6.26. The summed E-state index contributed by atoms with van der Waals surface area (Å²) in [6.07, 6.45) is 1.53. The molecule has 5 nitrogen and oxygen atoms in total. The monoisotopic (exact) mass is 339 g/mol. The van der Waals surface area contributed by atoms with Gasteiger partial charge in [-0.15, -0.1) is 0 Å². The Hall–Kier alpha value is -1.30. The van der Waals surface area contributed by atoms with Gasteiger partial charge in [0.05, 0.1) is 7.11 Å². The number of hydrogen-bond donors (Lipinski definition) is 1. The Kier molecular flexibility index (Phi) is 7.15. The van der Waals surface area contributed by atoms with Crippen LogP contribution in [0.4, 0.5) is 0 Å². The average molecular weight is 340 g/mol. The van der Waals surface area contributed by atoms with Crippen LogP contribution in [-0.4, -0.2) is 62.6 Å². The third-order valence-corrected chi connectivity index (χ3v) is 4.41. The molecular formula is C17H26ClN3O2. The first-order valence-electron chi connectivity index (χ1n) is 8.11. The molecule has 1 fully saturated rings. The van der Waals surface area contributed by atoms with Gasteiger partial charge in [0.1, 0.15) is 5.75 Å². The van der Waals surface area contributed by atoms with Gasteiger partial charge in [0.15, 0.2) is 0 Å². The molecule has 1 saturated heterocycles. The van der Waals surface area contributed by atoms with Gasteiger partial charge in [-0.3, -0.25) is 9.69 Å². The summed E-state index contributed by atoms with van der Waals surface area (Å²) < 4.78 is 5.40. The molecule has 1 aliphatic heterocycles. The quantitative estimate of drug-likeness (QED) is 0.772. The summed E-state index contributed by atoms with van der Waals surface area (Å²) in [6, 6.07) is 5.69. The van der Waals surface area contributed by atoms with E-state index in [9.17, 15) is 4.79 Å². The molecule has 1 N–H and O–H groups in total. The standard InChI is InChI=1S/C17H26ClN3O2/c1-19-7-3-4-17(22)21-10-8-20(9-11-21)13-14-12-15(18)5-6-16(14)23-2/h5-6,12,19H,3-4,7-11,13H2,1-2H3. The first kappa shape index (κ1) is 18.0. The number of piperazine rings is 1. The van der Waals surface area contributed by atoms with Crippen molar-refractivity contribution in [3.63, 3.8) is 0 Å². The molecule has 1 aliphatic rings. The van der Waals surface area contributed by atoms with Gasteiger partial charge in [-0.25, -0.2) is 0 Å². The van der Waals surface area contributed by atoms with Crippen molar-refractivity contribution in [1.82, 2.24) is 15.1 Å². The van der Waals surface area contributed by atoms with Crippen LogP contribution in [0.25, 0.3) is 0 Å². The third kappa shape index (κ3) is 5.37. The predicted octanol–water partition coefficient (Wildman–Crippen LogP) is 1.99. The van der Waals surface area contributed by atoms with E-state index >= 15 is 0 Å². The maximum Gasteiger partial charge on any atom is 0.222 e. The van der Waals surface area contributed by atoms with Gasteiger partial charge < -0.3 is 15.0 Å². The molecular weight excluding hydrogens is 314 g/mol. The van der Waals surface area contributed by atoms with E-state index in [-0.39, 0.29) is 5.91 Å². The van der Waals surface area contributed by atoms with Crippen molar-refractivity contribution >= 4 is 17.5 Å². The Morgan fingerprint density at radius 3 is 2.70 bits per heavy atom. The van der Waals surface area contributed by atoms with Crippen molar-refractivity contribution in [3.8, 4) is 5.75 Å². The Bertz CT molecular complexity index is 517. The number of ether oxygens (including phenoxy) is 1. The zero-order valence-electron chi connectivity index (χ0n) is 14.0. The summed E-state index contributed by atoms with van der Waals surface area (Å²) in [5.74, 6) is 1.13. The maximum absolute atomic E-state index is 12.1. The van der Waals surface area contributed by atoms with E-state index in [1.165, 1.54) is 0 Å². The average Bonchev–Trinajstić information content (AvgIpc) is 2.56. The minimum Gasteiger partial charge on any atom is -0.496 e. The molecule has 1 aromatic rings. The van der Waals surface area contributed by atoms with Crippen molar-refractivity contribution in [2.45, 2.75) is 19.4 Å². The Balaban J connectivity index is 1.83. The SMILES string of the molecule is CNCCCC(=O)N1CCN(Cc2cc(Cl)ccc2OC)CC1. The zero-order chi connectivity index (χ0) is 16.7. The van der Waals surface area contributed by atoms with Gasteiger partial charge in [0.2, 0.25) is 5.91 Å². The minimum atomic E-state index is 0.264. The van der Waals surface area contributed by atoms with E-state index in [0.717, 1.165) is 62.0 Å². The highest BCUT2D eigenvalue weighted by molar-refractivity contribution is 6.30. The van der Waals surface area contributed by atoms with Gasteiger partial charge in [0.25, 0.3) is 0 Å². The van der Waals surface area contributed by atoms with E-state index in [1.807, 2.05) is 30.1 Å². The highest BCUT2D eigenvalue weighted by Gasteiger charge is 2.21. The number of carbonyl (C=O) groups is 1. The number of carbonyl (C=O) groups excluding carboxylic acids is 1. The second-order valence-electron chi connectivity index (χ2n) is 5.82. The molecule has 0 radical (unpaired) electrons. The molecule has 0 bridgehead atoms. The fourth-order valence-electron chi connectivity index (χ4n) is 2.84. The highest BCUT2D eigenvalue weighted by Crippen LogP contribution is 2.24. The second kappa shape index (κ2) is 9.11. The number of rotatable bonds is 7. The fourth-order valence-corrected chi connectivity index (χ4v) is 3.04. The summed E-state index contributed by atoms with van der Waals surface area (Å²) in [5, 5.41) is 3.80. The van der Waals surface area contributed by atoms with Crippen molar-refractivity contribution in [1.29, 1.82) is 0 Å². The van der Waals surface area contributed by atoms with Gasteiger partial charge >= 0.3 is 0 Å². The van der Waals surface area contributed by atoms with Gasteiger partial charge in [0, 0.05) is 49.7 Å². The predicted molar refractivity (Wildman–Crippen MR) is 93.0 cm³/mol. The van der Waals surface area contributed by atoms with Crippen LogP contribution in [0.3, 0.4) is 0 Å². The molecule has 6 heteroatoms. The maximum atomic E-state index is 12.1. The van der Waals surface area contributed by atoms with E-state index in [4.69, 9.17) is 16.3 Å². The summed E-state index contributed by atoms with van der Waals surface area (Å²) in [5.41, 5.74) is 1.09.